The van der Waals surface area contributed by atoms with E-state index in [1.54, 1.807) is 0 Å². The summed E-state index contributed by atoms with van der Waals surface area (Å²) in [6.07, 6.45) is 0.881. The van der Waals surface area contributed by atoms with E-state index < -0.39 is 18.0 Å². The van der Waals surface area contributed by atoms with Gasteiger partial charge in [0.1, 0.15) is 12.6 Å². The van der Waals surface area contributed by atoms with Crippen molar-refractivity contribution in [3.8, 4) is 0 Å². The zero-order valence-electron chi connectivity index (χ0n) is 11.4. The summed E-state index contributed by atoms with van der Waals surface area (Å²) in [6, 6.07) is 8.57. The van der Waals surface area contributed by atoms with E-state index in [4.69, 9.17) is 4.74 Å². The van der Waals surface area contributed by atoms with Crippen molar-refractivity contribution in [3.63, 3.8) is 0 Å². The zero-order chi connectivity index (χ0) is 15.1. The summed E-state index contributed by atoms with van der Waals surface area (Å²) in [7, 11) is 0. The van der Waals surface area contributed by atoms with Gasteiger partial charge in [-0.2, -0.15) is 0 Å². The minimum Gasteiger partial charge on any atom is -0.443 e. The lowest BCUT2D eigenvalue weighted by molar-refractivity contribution is -0.131. The highest BCUT2D eigenvalue weighted by Crippen LogP contribution is 2.07. The standard InChI is InChI=1S/C14H17N3O4/c18-12-8-4-7-11(15-12)13(19)16-17-14(20)21-9-10-5-2-1-3-6-10/h1-3,5-6,11H,4,7-9H2,(H,15,18)(H,16,19)(H,17,20)/t11-/m0/s1. The monoisotopic (exact) mass is 291 g/mol. The van der Waals surface area contributed by atoms with Crippen molar-refractivity contribution in [1.29, 1.82) is 0 Å². The Labute approximate surface area is 122 Å². The number of ether oxygens (including phenoxy) is 1. The summed E-state index contributed by atoms with van der Waals surface area (Å²) in [4.78, 5) is 34.3. The molecule has 3 amide bonds. The maximum atomic E-state index is 11.7. The number of amides is 3. The van der Waals surface area contributed by atoms with Crippen molar-refractivity contribution < 1.29 is 19.1 Å². The first-order valence-electron chi connectivity index (χ1n) is 6.71. The van der Waals surface area contributed by atoms with Gasteiger partial charge in [-0.25, -0.2) is 10.2 Å². The Kier molecular flexibility index (Phi) is 5.14. The number of rotatable bonds is 3. The molecule has 1 aromatic carbocycles. The maximum absolute atomic E-state index is 11.7. The first-order chi connectivity index (χ1) is 10.1. The van der Waals surface area contributed by atoms with Crippen LogP contribution in [0.5, 0.6) is 0 Å². The predicted molar refractivity (Wildman–Crippen MR) is 73.7 cm³/mol. The summed E-state index contributed by atoms with van der Waals surface area (Å²) in [6.45, 7) is 0.114. The first-order valence-corrected chi connectivity index (χ1v) is 6.71. The molecule has 7 nitrogen and oxygen atoms in total. The SMILES string of the molecule is O=C1CCC[C@@H](C(=O)NNC(=O)OCc2ccccc2)N1. The average Bonchev–Trinajstić information content (AvgIpc) is 2.51. The molecule has 1 aliphatic heterocycles. The van der Waals surface area contributed by atoms with Crippen LogP contribution in [0.25, 0.3) is 0 Å². The van der Waals surface area contributed by atoms with E-state index in [9.17, 15) is 14.4 Å². The van der Waals surface area contributed by atoms with Crippen molar-refractivity contribution in [3.05, 3.63) is 35.9 Å². The summed E-state index contributed by atoms with van der Waals surface area (Å²) >= 11 is 0. The first kappa shape index (κ1) is 14.8. The molecule has 1 saturated heterocycles. The molecule has 0 unspecified atom stereocenters. The number of carbonyl (C=O) groups is 3. The van der Waals surface area contributed by atoms with E-state index in [0.29, 0.717) is 19.3 Å². The fraction of sp³-hybridized carbons (Fsp3) is 0.357. The Bertz CT molecular complexity index is 518. The van der Waals surface area contributed by atoms with Gasteiger partial charge in [0.15, 0.2) is 0 Å². The minimum absolute atomic E-state index is 0.114. The molecule has 21 heavy (non-hydrogen) atoms. The van der Waals surface area contributed by atoms with Crippen molar-refractivity contribution in [1.82, 2.24) is 16.2 Å². The highest BCUT2D eigenvalue weighted by molar-refractivity contribution is 5.89. The van der Waals surface area contributed by atoms with Crippen molar-refractivity contribution in [2.45, 2.75) is 31.9 Å². The van der Waals surface area contributed by atoms with Crippen LogP contribution >= 0.6 is 0 Å². The highest BCUT2D eigenvalue weighted by Gasteiger charge is 2.24. The molecular formula is C14H17N3O4. The molecule has 1 heterocycles. The molecule has 0 bridgehead atoms. The molecule has 1 fully saturated rings. The second-order valence-electron chi connectivity index (χ2n) is 4.69. The fourth-order valence-electron chi connectivity index (χ4n) is 1.96. The summed E-state index contributed by atoms with van der Waals surface area (Å²) < 4.78 is 4.93. The highest BCUT2D eigenvalue weighted by atomic mass is 16.6. The van der Waals surface area contributed by atoms with Gasteiger partial charge in [0.05, 0.1) is 0 Å². The van der Waals surface area contributed by atoms with E-state index in [-0.39, 0.29) is 12.5 Å². The van der Waals surface area contributed by atoms with Gasteiger partial charge in [-0.15, -0.1) is 0 Å². The Morgan fingerprint density at radius 3 is 2.71 bits per heavy atom. The second-order valence-corrected chi connectivity index (χ2v) is 4.69. The van der Waals surface area contributed by atoms with Gasteiger partial charge in [-0.05, 0) is 18.4 Å². The minimum atomic E-state index is -0.755. The van der Waals surface area contributed by atoms with Crippen LogP contribution in [0, 0.1) is 0 Å². The van der Waals surface area contributed by atoms with Crippen LogP contribution in [0.3, 0.4) is 0 Å². The lowest BCUT2D eigenvalue weighted by Crippen LogP contribution is -2.53. The lowest BCUT2D eigenvalue weighted by Gasteiger charge is -2.22. The van der Waals surface area contributed by atoms with E-state index in [0.717, 1.165) is 5.56 Å². The fourth-order valence-corrected chi connectivity index (χ4v) is 1.96. The number of hydrogen-bond donors (Lipinski definition) is 3. The van der Waals surface area contributed by atoms with E-state index in [2.05, 4.69) is 16.2 Å². The molecular weight excluding hydrogens is 274 g/mol. The molecule has 112 valence electrons. The van der Waals surface area contributed by atoms with E-state index >= 15 is 0 Å². The third-order valence-electron chi connectivity index (χ3n) is 3.05. The summed E-state index contributed by atoms with van der Waals surface area (Å²) in [5.74, 6) is -0.618. The topological polar surface area (TPSA) is 96.5 Å². The number of nitrogens with one attached hydrogen (secondary N) is 3. The molecule has 7 heteroatoms. The van der Waals surface area contributed by atoms with Crippen molar-refractivity contribution in [2.24, 2.45) is 0 Å². The summed E-state index contributed by atoms with van der Waals surface area (Å²) in [5.41, 5.74) is 5.23. The normalized spacial score (nSPS) is 17.5. The van der Waals surface area contributed by atoms with Gasteiger partial charge in [0, 0.05) is 6.42 Å². The van der Waals surface area contributed by atoms with Crippen molar-refractivity contribution >= 4 is 17.9 Å². The molecule has 1 atom stereocenters. The van der Waals surface area contributed by atoms with Gasteiger partial charge in [-0.1, -0.05) is 30.3 Å². The van der Waals surface area contributed by atoms with Crippen LogP contribution < -0.4 is 16.2 Å². The van der Waals surface area contributed by atoms with E-state index in [1.165, 1.54) is 0 Å². The Morgan fingerprint density at radius 2 is 2.00 bits per heavy atom. The molecule has 1 aliphatic rings. The number of hydrazine groups is 1. The molecule has 0 radical (unpaired) electrons. The quantitative estimate of drug-likeness (QED) is 0.711. The van der Waals surface area contributed by atoms with Crippen LogP contribution in [-0.4, -0.2) is 23.9 Å². The van der Waals surface area contributed by atoms with Crippen LogP contribution in [0.2, 0.25) is 0 Å². The van der Waals surface area contributed by atoms with Gasteiger partial charge in [0.2, 0.25) is 5.91 Å². The Hall–Kier alpha value is -2.57. The largest absolute Gasteiger partial charge is 0.443 e. The van der Waals surface area contributed by atoms with Crippen LogP contribution in [-0.2, 0) is 20.9 Å². The number of piperidine rings is 1. The Balaban J connectivity index is 1.68. The van der Waals surface area contributed by atoms with Gasteiger partial charge >= 0.3 is 6.09 Å². The Morgan fingerprint density at radius 1 is 1.24 bits per heavy atom. The summed E-state index contributed by atoms with van der Waals surface area (Å²) in [5, 5.41) is 2.55. The van der Waals surface area contributed by atoms with Crippen LogP contribution in [0.4, 0.5) is 4.79 Å². The molecule has 1 aromatic rings. The smallest absolute Gasteiger partial charge is 0.426 e. The lowest BCUT2D eigenvalue weighted by atomic mass is 10.0. The van der Waals surface area contributed by atoms with Crippen molar-refractivity contribution in [2.75, 3.05) is 0 Å². The number of benzene rings is 1. The molecule has 0 aromatic heterocycles. The zero-order valence-corrected chi connectivity index (χ0v) is 11.4. The van der Waals surface area contributed by atoms with Crippen LogP contribution in [0.15, 0.2) is 30.3 Å². The third kappa shape index (κ3) is 4.79. The molecule has 2 rings (SSSR count). The molecule has 3 N–H and O–H groups in total. The molecule has 0 spiro atoms. The van der Waals surface area contributed by atoms with Gasteiger partial charge < -0.3 is 10.1 Å². The third-order valence-corrected chi connectivity index (χ3v) is 3.05. The molecule has 0 saturated carbocycles. The van der Waals surface area contributed by atoms with Gasteiger partial charge in [-0.3, -0.25) is 15.0 Å². The second kappa shape index (κ2) is 7.28. The van der Waals surface area contributed by atoms with Crippen LogP contribution in [0.1, 0.15) is 24.8 Å². The maximum Gasteiger partial charge on any atom is 0.426 e. The number of hydrogen-bond acceptors (Lipinski definition) is 4. The van der Waals surface area contributed by atoms with Gasteiger partial charge in [0.25, 0.3) is 5.91 Å². The molecule has 0 aliphatic carbocycles. The average molecular weight is 291 g/mol. The van der Waals surface area contributed by atoms with E-state index in [1.807, 2.05) is 30.3 Å². The predicted octanol–water partition coefficient (Wildman–Crippen LogP) is 0.613. The number of carbonyl (C=O) groups excluding carboxylic acids is 3.